The minimum atomic E-state index is -3.07. The van der Waals surface area contributed by atoms with Crippen molar-refractivity contribution in [2.75, 3.05) is 13.1 Å². The van der Waals surface area contributed by atoms with Crippen LogP contribution in [0.15, 0.2) is 5.38 Å². The molecule has 0 aromatic carbocycles. The number of thiazole rings is 1. The van der Waals surface area contributed by atoms with E-state index in [1.165, 1.54) is 0 Å². The highest BCUT2D eigenvalue weighted by Crippen LogP contribution is 2.28. The van der Waals surface area contributed by atoms with E-state index in [4.69, 9.17) is 0 Å². The molecule has 1 N–H and O–H groups in total. The van der Waals surface area contributed by atoms with Gasteiger partial charge in [-0.05, 0) is 39.2 Å². The molecule has 1 aliphatic carbocycles. The van der Waals surface area contributed by atoms with E-state index in [0.717, 1.165) is 56.0 Å². The quantitative estimate of drug-likeness (QED) is 0.894. The van der Waals surface area contributed by atoms with Gasteiger partial charge in [-0.25, -0.2) is 18.1 Å². The van der Waals surface area contributed by atoms with E-state index in [2.05, 4.69) is 20.0 Å². The average Bonchev–Trinajstić information content (AvgIpc) is 3.15. The Bertz CT molecular complexity index is 566. The lowest BCUT2D eigenvalue weighted by Crippen LogP contribution is -2.48. The molecule has 5 nitrogen and oxygen atoms in total. The van der Waals surface area contributed by atoms with Gasteiger partial charge in [0.05, 0.1) is 16.0 Å². The monoisotopic (exact) mass is 315 g/mol. The van der Waals surface area contributed by atoms with Crippen molar-refractivity contribution in [1.82, 2.24) is 14.6 Å². The molecule has 1 aromatic rings. The second kappa shape index (κ2) is 5.71. The summed E-state index contributed by atoms with van der Waals surface area (Å²) in [4.78, 5) is 6.78. The summed E-state index contributed by atoms with van der Waals surface area (Å²) in [5.41, 5.74) is 1.10. The van der Waals surface area contributed by atoms with Gasteiger partial charge in [0.1, 0.15) is 0 Å². The van der Waals surface area contributed by atoms with Crippen LogP contribution in [0, 0.1) is 6.92 Å². The SMILES string of the molecule is Cc1nc(CN2CCCC(NS(=O)(=O)C3CC3)C2)cs1. The Kier molecular flexibility index (Phi) is 4.12. The molecular formula is C13H21N3O2S2. The summed E-state index contributed by atoms with van der Waals surface area (Å²) in [6.45, 7) is 4.66. The maximum absolute atomic E-state index is 12.0. The summed E-state index contributed by atoms with van der Waals surface area (Å²) in [6.07, 6.45) is 3.63. The molecule has 0 amide bonds. The lowest BCUT2D eigenvalue weighted by atomic mass is 10.1. The van der Waals surface area contributed by atoms with Gasteiger partial charge in [0, 0.05) is 24.5 Å². The van der Waals surface area contributed by atoms with Crippen LogP contribution in [0.1, 0.15) is 36.4 Å². The number of rotatable bonds is 5. The second-order valence-electron chi connectivity index (χ2n) is 5.79. The van der Waals surface area contributed by atoms with Crippen LogP contribution in [0.3, 0.4) is 0 Å². The molecular weight excluding hydrogens is 294 g/mol. The fourth-order valence-corrected chi connectivity index (χ4v) is 4.92. The molecule has 0 radical (unpaired) electrons. The molecule has 0 bridgehead atoms. The number of aryl methyl sites for hydroxylation is 1. The Morgan fingerprint density at radius 1 is 1.45 bits per heavy atom. The van der Waals surface area contributed by atoms with Crippen LogP contribution < -0.4 is 4.72 Å². The van der Waals surface area contributed by atoms with E-state index < -0.39 is 10.0 Å². The molecule has 1 unspecified atom stereocenters. The maximum Gasteiger partial charge on any atom is 0.214 e. The van der Waals surface area contributed by atoms with E-state index in [1.54, 1.807) is 11.3 Å². The van der Waals surface area contributed by atoms with Crippen LogP contribution in [0.4, 0.5) is 0 Å². The Morgan fingerprint density at radius 3 is 2.90 bits per heavy atom. The van der Waals surface area contributed by atoms with E-state index in [9.17, 15) is 8.42 Å². The molecule has 2 fully saturated rings. The van der Waals surface area contributed by atoms with Gasteiger partial charge in [0.2, 0.25) is 10.0 Å². The molecule has 2 heterocycles. The van der Waals surface area contributed by atoms with Gasteiger partial charge in [-0.15, -0.1) is 11.3 Å². The van der Waals surface area contributed by atoms with Crippen molar-refractivity contribution in [3.8, 4) is 0 Å². The molecule has 1 saturated heterocycles. The lowest BCUT2D eigenvalue weighted by Gasteiger charge is -2.32. The average molecular weight is 315 g/mol. The minimum Gasteiger partial charge on any atom is -0.296 e. The summed E-state index contributed by atoms with van der Waals surface area (Å²) in [5, 5.41) is 3.05. The van der Waals surface area contributed by atoms with Crippen molar-refractivity contribution in [3.05, 3.63) is 16.1 Å². The third kappa shape index (κ3) is 3.58. The van der Waals surface area contributed by atoms with Crippen molar-refractivity contribution >= 4 is 21.4 Å². The van der Waals surface area contributed by atoms with Gasteiger partial charge in [-0.3, -0.25) is 4.90 Å². The van der Waals surface area contributed by atoms with Gasteiger partial charge in [-0.2, -0.15) is 0 Å². The number of sulfonamides is 1. The number of aromatic nitrogens is 1. The van der Waals surface area contributed by atoms with Crippen LogP contribution in [0.5, 0.6) is 0 Å². The zero-order chi connectivity index (χ0) is 14.2. The summed E-state index contributed by atoms with van der Waals surface area (Å²) >= 11 is 1.67. The highest BCUT2D eigenvalue weighted by Gasteiger charge is 2.37. The Morgan fingerprint density at radius 2 is 2.25 bits per heavy atom. The van der Waals surface area contributed by atoms with Crippen LogP contribution in [0.2, 0.25) is 0 Å². The first-order valence-electron chi connectivity index (χ1n) is 7.17. The fraction of sp³-hybridized carbons (Fsp3) is 0.769. The van der Waals surface area contributed by atoms with E-state index >= 15 is 0 Å². The molecule has 1 saturated carbocycles. The van der Waals surface area contributed by atoms with Crippen LogP contribution >= 0.6 is 11.3 Å². The Balaban J connectivity index is 1.56. The number of piperidine rings is 1. The predicted molar refractivity (Wildman–Crippen MR) is 80.2 cm³/mol. The Labute approximate surface area is 124 Å². The van der Waals surface area contributed by atoms with Crippen LogP contribution in [-0.4, -0.2) is 42.7 Å². The fourth-order valence-electron chi connectivity index (χ4n) is 2.71. The summed E-state index contributed by atoms with van der Waals surface area (Å²) in [6, 6.07) is 0.0640. The number of nitrogens with one attached hydrogen (secondary N) is 1. The van der Waals surface area contributed by atoms with Gasteiger partial charge in [-0.1, -0.05) is 0 Å². The van der Waals surface area contributed by atoms with Crippen molar-refractivity contribution in [3.63, 3.8) is 0 Å². The second-order valence-corrected chi connectivity index (χ2v) is 8.85. The molecule has 1 aromatic heterocycles. The molecule has 0 spiro atoms. The smallest absolute Gasteiger partial charge is 0.214 e. The van der Waals surface area contributed by atoms with Crippen LogP contribution in [0.25, 0.3) is 0 Å². The standard InChI is InChI=1S/C13H21N3O2S2/c1-10-14-12(9-19-10)8-16-6-2-3-11(7-16)15-20(17,18)13-4-5-13/h9,11,13,15H,2-8H2,1H3. The van der Waals surface area contributed by atoms with Crippen molar-refractivity contribution in [2.45, 2.75) is 50.4 Å². The molecule has 1 atom stereocenters. The Hall–Kier alpha value is -0.500. The highest BCUT2D eigenvalue weighted by molar-refractivity contribution is 7.90. The van der Waals surface area contributed by atoms with Crippen LogP contribution in [-0.2, 0) is 16.6 Å². The number of nitrogens with zero attached hydrogens (tertiary/aromatic N) is 2. The molecule has 1 aliphatic heterocycles. The largest absolute Gasteiger partial charge is 0.296 e. The van der Waals surface area contributed by atoms with E-state index in [-0.39, 0.29) is 11.3 Å². The zero-order valence-electron chi connectivity index (χ0n) is 11.7. The van der Waals surface area contributed by atoms with Crippen molar-refractivity contribution < 1.29 is 8.42 Å². The minimum absolute atomic E-state index is 0.0640. The lowest BCUT2D eigenvalue weighted by molar-refractivity contribution is 0.193. The third-order valence-corrected chi connectivity index (χ3v) is 6.69. The van der Waals surface area contributed by atoms with Gasteiger partial charge in [0.25, 0.3) is 0 Å². The van der Waals surface area contributed by atoms with Gasteiger partial charge >= 0.3 is 0 Å². The maximum atomic E-state index is 12.0. The number of likely N-dealkylation sites (tertiary alicyclic amines) is 1. The number of hydrogen-bond donors (Lipinski definition) is 1. The topological polar surface area (TPSA) is 62.3 Å². The first-order chi connectivity index (χ1) is 9.53. The first-order valence-corrected chi connectivity index (χ1v) is 9.60. The highest BCUT2D eigenvalue weighted by atomic mass is 32.2. The van der Waals surface area contributed by atoms with Gasteiger partial charge < -0.3 is 0 Å². The molecule has 2 aliphatic rings. The van der Waals surface area contributed by atoms with Gasteiger partial charge in [0.15, 0.2) is 0 Å². The molecule has 3 rings (SSSR count). The van der Waals surface area contributed by atoms with E-state index in [1.807, 2.05) is 6.92 Å². The summed E-state index contributed by atoms with van der Waals surface area (Å²) < 4.78 is 26.9. The summed E-state index contributed by atoms with van der Waals surface area (Å²) in [5.74, 6) is 0. The van der Waals surface area contributed by atoms with Crippen molar-refractivity contribution in [2.24, 2.45) is 0 Å². The third-order valence-electron chi connectivity index (χ3n) is 3.85. The van der Waals surface area contributed by atoms with E-state index in [0.29, 0.717) is 0 Å². The molecule has 112 valence electrons. The first kappa shape index (κ1) is 14.4. The predicted octanol–water partition coefficient (Wildman–Crippen LogP) is 1.50. The molecule has 7 heteroatoms. The zero-order valence-corrected chi connectivity index (χ0v) is 13.3. The van der Waals surface area contributed by atoms with Crippen molar-refractivity contribution in [1.29, 1.82) is 0 Å². The summed E-state index contributed by atoms with van der Waals surface area (Å²) in [7, 11) is -3.07. The molecule has 20 heavy (non-hydrogen) atoms. The normalized spacial score (nSPS) is 24.9. The number of hydrogen-bond acceptors (Lipinski definition) is 5.